The number of morpholine rings is 1. The highest BCUT2D eigenvalue weighted by Gasteiger charge is 2.50. The second kappa shape index (κ2) is 61.1. The number of nitrogens with zero attached hydrogens (tertiary/aromatic N) is 14. The lowest BCUT2D eigenvalue weighted by Crippen LogP contribution is -2.72. The molecule has 774 valence electrons. The molecule has 131 heavy (non-hydrogen) atoms. The van der Waals surface area contributed by atoms with Gasteiger partial charge in [0.15, 0.2) is 0 Å². The van der Waals surface area contributed by atoms with Crippen LogP contribution in [0.3, 0.4) is 0 Å². The molecule has 4 saturated carbocycles. The topological polar surface area (TPSA) is 119 Å². The minimum atomic E-state index is -2.38. The van der Waals surface area contributed by atoms with Gasteiger partial charge in [0.25, 0.3) is 5.92 Å². The van der Waals surface area contributed by atoms with Crippen LogP contribution in [0.5, 0.6) is 0 Å². The molecule has 13 heterocycles. The number of urea groups is 1. The predicted octanol–water partition coefficient (Wildman–Crippen LogP) is 20.2. The fourth-order valence-electron chi connectivity index (χ4n) is 21.2. The Labute approximate surface area is 813 Å². The molecule has 17 aliphatic rings. The smallest absolute Gasteiger partial charge is 0.409 e. The van der Waals surface area contributed by atoms with Crippen LogP contribution in [0.15, 0.2) is 0 Å². The number of thioether (sulfide) groups is 1. The number of alkyl halides is 2. The summed E-state index contributed by atoms with van der Waals surface area (Å²) in [6, 6.07) is 9.39. The van der Waals surface area contributed by atoms with Gasteiger partial charge in [-0.3, -0.25) is 19.6 Å². The summed E-state index contributed by atoms with van der Waals surface area (Å²) in [6.07, 6.45) is 25.9. The number of fused-ring (bicyclic) bond motifs is 5. The number of piperazine rings is 2. The number of hydrogen-bond acceptors (Lipinski definition) is 18. The van der Waals surface area contributed by atoms with E-state index in [9.17, 15) is 18.4 Å². The van der Waals surface area contributed by atoms with Crippen molar-refractivity contribution in [2.24, 2.45) is 52.3 Å². The van der Waals surface area contributed by atoms with Gasteiger partial charge >= 0.3 is 12.1 Å². The maximum absolute atomic E-state index is 12.4. The molecule has 20 nitrogen and oxygen atoms in total. The van der Waals surface area contributed by atoms with Crippen molar-refractivity contribution in [2.75, 3.05) is 217 Å². The Morgan fingerprint density at radius 2 is 0.794 bits per heavy atom. The van der Waals surface area contributed by atoms with Crippen LogP contribution in [-0.4, -0.2) is 394 Å². The van der Waals surface area contributed by atoms with E-state index in [1.54, 1.807) is 9.80 Å². The summed E-state index contributed by atoms with van der Waals surface area (Å²) < 4.78 is 39.9. The Morgan fingerprint density at radius 3 is 1.15 bits per heavy atom. The number of ether oxygens (including phenoxy) is 3. The van der Waals surface area contributed by atoms with Crippen molar-refractivity contribution in [3.63, 3.8) is 0 Å². The highest BCUT2D eigenvalue weighted by molar-refractivity contribution is 7.99. The van der Waals surface area contributed by atoms with Gasteiger partial charge in [-0.05, 0) is 329 Å². The number of carbonyl (C=O) groups is 2. The Balaban J connectivity index is 0.000000254. The van der Waals surface area contributed by atoms with Gasteiger partial charge in [-0.15, -0.1) is 0 Å². The number of nitrogens with one attached hydrogen (secondary N) is 1. The van der Waals surface area contributed by atoms with Gasteiger partial charge in [0.05, 0.1) is 33.5 Å². The molecule has 0 aromatic heterocycles. The van der Waals surface area contributed by atoms with Gasteiger partial charge in [-0.2, -0.15) is 11.8 Å². The first kappa shape index (κ1) is 120. The number of likely N-dealkylation sites (tertiary alicyclic amines) is 6. The predicted molar refractivity (Wildman–Crippen MR) is 558 cm³/mol. The van der Waals surface area contributed by atoms with Crippen LogP contribution in [0.4, 0.5) is 18.4 Å². The SMILES string of the molecule is CC(C)N(C)C1CC(F)(F)C1.CC(C)N1CC2CC(C1)N2C(=O)N(C)C.CC(C)N1CC2CC2C1.CC(C)N1CC2CCCCC2C1.CC(C)N1CCC2(CC1)COC2.CC(C)N1CCC2CCCCC2C1.CC(C)N1CCCCC1.CC(C)N1CCOCC1.CC(C)N1CCSCC1.CC(C)NCC(C)(C)C.CC1CCN(C(C)C)CC1.COC(=O)N1CCN(C(C)C)CC1. The molecule has 2 bridgehead atoms. The summed E-state index contributed by atoms with van der Waals surface area (Å²) in [5.41, 5.74) is 1.02. The van der Waals surface area contributed by atoms with Gasteiger partial charge in [0.1, 0.15) is 0 Å². The summed E-state index contributed by atoms with van der Waals surface area (Å²) >= 11 is 2.07. The summed E-state index contributed by atoms with van der Waals surface area (Å²) in [7, 11) is 6.99. The molecule has 0 aromatic rings. The zero-order valence-electron chi connectivity index (χ0n) is 91.8. The maximum atomic E-state index is 12.4. The highest BCUT2D eigenvalue weighted by Crippen LogP contribution is 2.46. The molecule has 13 aliphatic heterocycles. The van der Waals surface area contributed by atoms with Gasteiger partial charge in [-0.25, -0.2) is 18.4 Å². The average molecular weight is 1880 g/mol. The Bertz CT molecular complexity index is 2830. The molecule has 1 spiro atoms. The number of amides is 3. The highest BCUT2D eigenvalue weighted by atomic mass is 32.2. The van der Waals surface area contributed by atoms with Crippen molar-refractivity contribution < 1.29 is 32.6 Å². The molecule has 4 aliphatic carbocycles. The van der Waals surface area contributed by atoms with Crippen molar-refractivity contribution in [1.82, 2.24) is 73.9 Å². The lowest BCUT2D eigenvalue weighted by Gasteiger charge is -2.57. The summed E-state index contributed by atoms with van der Waals surface area (Å²) in [5.74, 6) is 7.70. The molecule has 8 unspecified atom stereocenters. The second-order valence-electron chi connectivity index (χ2n) is 47.5. The molecule has 0 radical (unpaired) electrons. The molecule has 17 rings (SSSR count). The lowest BCUT2D eigenvalue weighted by molar-refractivity contribution is -0.141. The van der Waals surface area contributed by atoms with Crippen LogP contribution in [0.25, 0.3) is 0 Å². The first-order valence-electron chi connectivity index (χ1n) is 54.4. The van der Waals surface area contributed by atoms with E-state index in [4.69, 9.17) is 9.47 Å². The standard InChI is InChI=1S/C12H23N.C11H21N3O.C11H21N.C10H19NO.C9H18N2O2.C9H19N.C8H15F2N.C8H15N.C8H17N.C8H19N.C7H15NO.C7H15NS/c1-10(2)13-8-7-11-5-3-4-6-12(11)9-13;1-8(2)13-6-9-5-10(7-13)14(9)11(15)12(3)4;1-9(2)12-7-10-5-3-4-6-11(10)8-12;1-9(2)11-5-3-10(4-6-11)7-12-8-10;1-8(2)10-4-6-11(7-5-10)9(12)13-3;1-8(2)10-6-4-9(3)5-7-10;1-6(2)11(3)7-4-8(9,10)5-7;1-6(2)9-4-7-3-8(7)5-9;1-8(2)9-6-4-3-5-7-9;1-7(2)9-6-8(3,4)5;2*1-7(2)8-3-5-9-6-4-8/h10-12H,3-9H2,1-2H3;8-10H,5-7H2,1-4H3;9-11H,3-8H2,1-2H3;9H,3-8H2,1-2H3;8H,4-7H2,1-3H3;8-9H,4-7H2,1-3H3;6-7H,4-5H2,1-3H3;6-8H,3-5H2,1-2H3;8H,3-7H2,1-2H3;7,9H,6H2,1-5H3;2*7H,3-6H2,1-2H3. The molecule has 3 amide bonds. The van der Waals surface area contributed by atoms with E-state index in [1.807, 2.05) is 39.9 Å². The second-order valence-corrected chi connectivity index (χ2v) is 48.7. The first-order valence-corrected chi connectivity index (χ1v) is 55.6. The number of methoxy groups -OCH3 is 1. The van der Waals surface area contributed by atoms with Crippen LogP contribution in [0, 0.1) is 52.3 Å². The van der Waals surface area contributed by atoms with Crippen molar-refractivity contribution in [3.8, 4) is 0 Å². The van der Waals surface area contributed by atoms with E-state index in [-0.39, 0.29) is 31.0 Å². The van der Waals surface area contributed by atoms with Crippen molar-refractivity contribution >= 4 is 23.9 Å². The molecule has 13 saturated heterocycles. The van der Waals surface area contributed by atoms with E-state index in [1.165, 1.54) is 226 Å². The quantitative estimate of drug-likeness (QED) is 0.177. The van der Waals surface area contributed by atoms with Gasteiger partial charge in [-0.1, -0.05) is 80.1 Å². The molecule has 1 N–H and O–H groups in total. The van der Waals surface area contributed by atoms with E-state index in [0.717, 1.165) is 169 Å². The Kier molecular flexibility index (Phi) is 55.8. The molecule has 8 atom stereocenters. The molecule has 17 fully saturated rings. The zero-order valence-corrected chi connectivity index (χ0v) is 92.6. The third-order valence-electron chi connectivity index (χ3n) is 31.7. The van der Waals surface area contributed by atoms with Crippen LogP contribution < -0.4 is 5.32 Å². The van der Waals surface area contributed by atoms with Crippen molar-refractivity contribution in [2.45, 2.75) is 419 Å². The Morgan fingerprint density at radius 1 is 0.420 bits per heavy atom. The lowest BCUT2D eigenvalue weighted by atomic mass is 9.75. The third-order valence-corrected chi connectivity index (χ3v) is 32.6. The third kappa shape index (κ3) is 44.9. The van der Waals surface area contributed by atoms with E-state index in [0.29, 0.717) is 53.1 Å². The number of carbonyl (C=O) groups excluding carboxylic acids is 2. The van der Waals surface area contributed by atoms with E-state index in [2.05, 4.69) is 256 Å². The number of hydrogen-bond donors (Lipinski definition) is 1. The molecule has 0 aromatic carbocycles. The number of halogens is 2. The number of piperidine rings is 6. The minimum Gasteiger partial charge on any atom is -0.453 e. The fraction of sp³-hybridized carbons (Fsp3) is 0.981. The van der Waals surface area contributed by atoms with Crippen LogP contribution in [0.1, 0.15) is 322 Å². The van der Waals surface area contributed by atoms with Crippen LogP contribution in [-0.2, 0) is 14.2 Å². The maximum Gasteiger partial charge on any atom is 0.409 e. The Hall–Kier alpha value is -1.81. The van der Waals surface area contributed by atoms with Gasteiger partial charge in [0.2, 0.25) is 0 Å². The monoisotopic (exact) mass is 1870 g/mol. The normalized spacial score (nSPS) is 27.4. The zero-order chi connectivity index (χ0) is 97.6. The fourth-order valence-corrected chi connectivity index (χ4v) is 22.1. The first-order chi connectivity index (χ1) is 61.6. The molecular formula is C108H217F2N15O5S. The number of rotatable bonds is 14. The van der Waals surface area contributed by atoms with Crippen molar-refractivity contribution in [3.05, 3.63) is 0 Å². The van der Waals surface area contributed by atoms with Crippen molar-refractivity contribution in [1.29, 1.82) is 0 Å². The van der Waals surface area contributed by atoms with E-state index >= 15 is 0 Å². The van der Waals surface area contributed by atoms with Crippen LogP contribution in [0.2, 0.25) is 0 Å². The van der Waals surface area contributed by atoms with E-state index < -0.39 is 5.92 Å². The molecule has 23 heteroatoms. The van der Waals surface area contributed by atoms with Gasteiger partial charge in [0, 0.05) is 239 Å². The molecular weight excluding hydrogens is 1660 g/mol. The average Bonchev–Trinajstić information content (AvgIpc) is 0.936. The summed E-state index contributed by atoms with van der Waals surface area (Å²) in [6.45, 7) is 94.4. The largest absolute Gasteiger partial charge is 0.453 e. The van der Waals surface area contributed by atoms with Gasteiger partial charge < -0.3 is 68.5 Å². The van der Waals surface area contributed by atoms with Crippen LogP contribution >= 0.6 is 11.8 Å². The summed E-state index contributed by atoms with van der Waals surface area (Å²) in [4.78, 5) is 55.9. The minimum absolute atomic E-state index is 0.0433. The summed E-state index contributed by atoms with van der Waals surface area (Å²) in [5, 5.41) is 3.39.